The molecular formula is C16H19N5O. The van der Waals surface area contributed by atoms with Crippen molar-refractivity contribution in [2.45, 2.75) is 25.3 Å². The molecule has 2 aromatic heterocycles. The molecule has 6 nitrogen and oxygen atoms in total. The van der Waals surface area contributed by atoms with E-state index in [1.165, 1.54) is 12.8 Å². The van der Waals surface area contributed by atoms with E-state index in [0.29, 0.717) is 24.3 Å². The van der Waals surface area contributed by atoms with Gasteiger partial charge in [-0.15, -0.1) is 0 Å². The molecule has 2 aromatic rings. The number of aromatic nitrogens is 3. The number of anilines is 1. The molecule has 1 aliphatic heterocycles. The van der Waals surface area contributed by atoms with Crippen molar-refractivity contribution in [2.75, 3.05) is 18.4 Å². The fourth-order valence-corrected chi connectivity index (χ4v) is 2.99. The second-order valence-corrected chi connectivity index (χ2v) is 6.08. The van der Waals surface area contributed by atoms with Crippen LogP contribution in [0.15, 0.2) is 36.9 Å². The topological polar surface area (TPSA) is 63.1 Å². The van der Waals surface area contributed by atoms with E-state index in [-0.39, 0.29) is 0 Å². The van der Waals surface area contributed by atoms with Gasteiger partial charge in [0, 0.05) is 43.9 Å². The number of nitrogens with zero attached hydrogens (tertiary/aromatic N) is 4. The Hall–Kier alpha value is -2.37. The van der Waals surface area contributed by atoms with Crippen LogP contribution in [0.25, 0.3) is 5.82 Å². The van der Waals surface area contributed by atoms with Gasteiger partial charge in [-0.1, -0.05) is 6.07 Å². The van der Waals surface area contributed by atoms with Crippen molar-refractivity contribution >= 4 is 11.7 Å². The van der Waals surface area contributed by atoms with Gasteiger partial charge in [-0.25, -0.2) is 9.97 Å². The van der Waals surface area contributed by atoms with Crippen LogP contribution in [-0.2, 0) is 4.79 Å². The first-order chi connectivity index (χ1) is 10.8. The number of nitrogens with one attached hydrogen (secondary N) is 1. The first kappa shape index (κ1) is 13.3. The minimum absolute atomic E-state index is 0.314. The molecule has 0 bridgehead atoms. The zero-order chi connectivity index (χ0) is 14.9. The summed E-state index contributed by atoms with van der Waals surface area (Å²) >= 11 is 0. The Bertz CT molecular complexity index is 665. The number of carbonyl (C=O) groups is 1. The van der Waals surface area contributed by atoms with Crippen molar-refractivity contribution < 1.29 is 4.79 Å². The van der Waals surface area contributed by atoms with E-state index in [1.54, 1.807) is 12.5 Å². The molecule has 114 valence electrons. The average Bonchev–Trinajstić information content (AvgIpc) is 3.09. The number of pyridine rings is 1. The van der Waals surface area contributed by atoms with E-state index in [9.17, 15) is 4.79 Å². The SMILES string of the molecule is O=C1CC(CNc2cccc(-n3ccnc3)n2)CN1C1CC1. The summed E-state index contributed by atoms with van der Waals surface area (Å²) in [5, 5.41) is 3.37. The largest absolute Gasteiger partial charge is 0.370 e. The van der Waals surface area contributed by atoms with Crippen molar-refractivity contribution in [3.05, 3.63) is 36.9 Å². The Balaban J connectivity index is 1.38. The van der Waals surface area contributed by atoms with E-state index < -0.39 is 0 Å². The Morgan fingerprint density at radius 3 is 3.00 bits per heavy atom. The third kappa shape index (κ3) is 2.68. The molecule has 2 aliphatic rings. The van der Waals surface area contributed by atoms with E-state index >= 15 is 0 Å². The average molecular weight is 297 g/mol. The van der Waals surface area contributed by atoms with Crippen LogP contribution in [-0.4, -0.2) is 44.5 Å². The second-order valence-electron chi connectivity index (χ2n) is 6.08. The summed E-state index contributed by atoms with van der Waals surface area (Å²) in [5.41, 5.74) is 0. The lowest BCUT2D eigenvalue weighted by Gasteiger charge is -2.16. The van der Waals surface area contributed by atoms with Gasteiger partial charge in [-0.2, -0.15) is 0 Å². The summed E-state index contributed by atoms with van der Waals surface area (Å²) in [6.07, 6.45) is 8.36. The van der Waals surface area contributed by atoms with Gasteiger partial charge in [0.25, 0.3) is 0 Å². The fraction of sp³-hybridized carbons (Fsp3) is 0.438. The van der Waals surface area contributed by atoms with Crippen LogP contribution in [0.1, 0.15) is 19.3 Å². The zero-order valence-corrected chi connectivity index (χ0v) is 12.4. The van der Waals surface area contributed by atoms with Crippen molar-refractivity contribution in [2.24, 2.45) is 5.92 Å². The maximum Gasteiger partial charge on any atom is 0.223 e. The van der Waals surface area contributed by atoms with E-state index in [2.05, 4.69) is 20.2 Å². The third-order valence-electron chi connectivity index (χ3n) is 4.30. The highest BCUT2D eigenvalue weighted by Crippen LogP contribution is 2.32. The molecule has 0 aromatic carbocycles. The van der Waals surface area contributed by atoms with Crippen molar-refractivity contribution in [3.8, 4) is 5.82 Å². The highest BCUT2D eigenvalue weighted by molar-refractivity contribution is 5.79. The fourth-order valence-electron chi connectivity index (χ4n) is 2.99. The van der Waals surface area contributed by atoms with Gasteiger partial charge in [-0.3, -0.25) is 9.36 Å². The number of amides is 1. The standard InChI is InChI=1S/C16H19N5O/c22-16-8-12(10-21(16)13-4-5-13)9-18-14-2-1-3-15(19-14)20-7-6-17-11-20/h1-3,6-7,11-13H,4-5,8-10H2,(H,18,19). The Morgan fingerprint density at radius 1 is 1.32 bits per heavy atom. The lowest BCUT2D eigenvalue weighted by molar-refractivity contribution is -0.128. The quantitative estimate of drug-likeness (QED) is 0.912. The molecule has 1 amide bonds. The monoisotopic (exact) mass is 297 g/mol. The molecular weight excluding hydrogens is 278 g/mol. The van der Waals surface area contributed by atoms with E-state index in [0.717, 1.165) is 24.7 Å². The van der Waals surface area contributed by atoms with Gasteiger partial charge in [-0.05, 0) is 25.0 Å². The van der Waals surface area contributed by atoms with Crippen LogP contribution in [0.2, 0.25) is 0 Å². The summed E-state index contributed by atoms with van der Waals surface area (Å²) in [6, 6.07) is 6.40. The number of likely N-dealkylation sites (tertiary alicyclic amines) is 1. The number of rotatable bonds is 5. The number of hydrogen-bond donors (Lipinski definition) is 1. The minimum Gasteiger partial charge on any atom is -0.370 e. The third-order valence-corrected chi connectivity index (χ3v) is 4.30. The maximum atomic E-state index is 12.0. The Labute approximate surface area is 129 Å². The molecule has 3 heterocycles. The zero-order valence-electron chi connectivity index (χ0n) is 12.4. The van der Waals surface area contributed by atoms with Gasteiger partial charge < -0.3 is 10.2 Å². The maximum absolute atomic E-state index is 12.0. The second kappa shape index (κ2) is 5.44. The Kier molecular flexibility index (Phi) is 3.29. The smallest absolute Gasteiger partial charge is 0.223 e. The molecule has 1 N–H and O–H groups in total. The summed E-state index contributed by atoms with van der Waals surface area (Å²) in [4.78, 5) is 22.6. The molecule has 0 radical (unpaired) electrons. The van der Waals surface area contributed by atoms with Gasteiger partial charge in [0.05, 0.1) is 0 Å². The molecule has 6 heteroatoms. The number of imidazole rings is 1. The molecule has 22 heavy (non-hydrogen) atoms. The molecule has 1 unspecified atom stereocenters. The molecule has 1 saturated carbocycles. The van der Waals surface area contributed by atoms with Crippen LogP contribution in [0.5, 0.6) is 0 Å². The number of hydrogen-bond acceptors (Lipinski definition) is 4. The predicted octanol–water partition coefficient (Wildman–Crippen LogP) is 1.69. The van der Waals surface area contributed by atoms with Crippen LogP contribution >= 0.6 is 0 Å². The predicted molar refractivity (Wildman–Crippen MR) is 82.7 cm³/mol. The van der Waals surface area contributed by atoms with E-state index in [4.69, 9.17) is 0 Å². The highest BCUT2D eigenvalue weighted by atomic mass is 16.2. The van der Waals surface area contributed by atoms with Gasteiger partial charge in [0.15, 0.2) is 0 Å². The molecule has 1 aliphatic carbocycles. The molecule has 1 saturated heterocycles. The van der Waals surface area contributed by atoms with Gasteiger partial charge in [0.1, 0.15) is 18.0 Å². The van der Waals surface area contributed by atoms with E-state index in [1.807, 2.05) is 29.0 Å². The molecule has 0 spiro atoms. The van der Waals surface area contributed by atoms with Crippen molar-refractivity contribution in [1.29, 1.82) is 0 Å². The van der Waals surface area contributed by atoms with Crippen LogP contribution in [0, 0.1) is 5.92 Å². The summed E-state index contributed by atoms with van der Waals surface area (Å²) < 4.78 is 1.87. The van der Waals surface area contributed by atoms with Crippen molar-refractivity contribution in [3.63, 3.8) is 0 Å². The number of carbonyl (C=O) groups excluding carboxylic acids is 1. The van der Waals surface area contributed by atoms with Crippen LogP contribution < -0.4 is 5.32 Å². The lowest BCUT2D eigenvalue weighted by atomic mass is 10.1. The normalized spacial score (nSPS) is 21.4. The lowest BCUT2D eigenvalue weighted by Crippen LogP contribution is -2.28. The Morgan fingerprint density at radius 2 is 2.23 bits per heavy atom. The van der Waals surface area contributed by atoms with Gasteiger partial charge >= 0.3 is 0 Å². The van der Waals surface area contributed by atoms with Crippen LogP contribution in [0.3, 0.4) is 0 Å². The summed E-state index contributed by atoms with van der Waals surface area (Å²) in [6.45, 7) is 1.67. The molecule has 2 fully saturated rings. The highest BCUT2D eigenvalue weighted by Gasteiger charge is 2.39. The molecule has 4 rings (SSSR count). The first-order valence-corrected chi connectivity index (χ1v) is 7.78. The van der Waals surface area contributed by atoms with Gasteiger partial charge in [0.2, 0.25) is 5.91 Å². The van der Waals surface area contributed by atoms with Crippen LogP contribution in [0.4, 0.5) is 5.82 Å². The minimum atomic E-state index is 0.314. The van der Waals surface area contributed by atoms with Crippen molar-refractivity contribution in [1.82, 2.24) is 19.4 Å². The molecule has 1 atom stereocenters. The summed E-state index contributed by atoms with van der Waals surface area (Å²) in [5.74, 6) is 2.37. The first-order valence-electron chi connectivity index (χ1n) is 7.78. The summed E-state index contributed by atoms with van der Waals surface area (Å²) in [7, 11) is 0.